The molecule has 0 bridgehead atoms. The SMILES string of the molecule is N=c1nc(N)c(-c2ccccc2-c2cc(Cl)c(Cl)c(Cl)c2)nn1CC(Br)(Br)Br. The van der Waals surface area contributed by atoms with E-state index in [9.17, 15) is 0 Å². The zero-order valence-corrected chi connectivity index (χ0v) is 20.9. The Hall–Kier alpha value is -0.640. The summed E-state index contributed by atoms with van der Waals surface area (Å²) < 4.78 is 0.787. The maximum Gasteiger partial charge on any atom is 0.240 e. The third-order valence-corrected chi connectivity index (χ3v) is 5.69. The number of hydrogen-bond acceptors (Lipinski definition) is 4. The molecule has 1 aromatic heterocycles. The standard InChI is InChI=1S/C17H11Br3Cl3N5/c18-17(19,20)7-28-16(25)26-15(24)14(27-28)10-4-2-1-3-9(10)8-5-11(21)13(23)12(22)6-8/h1-6H,7H2,(H3,24,25,26). The van der Waals surface area contributed by atoms with E-state index in [0.29, 0.717) is 20.8 Å². The van der Waals surface area contributed by atoms with E-state index < -0.39 is 2.14 Å². The quantitative estimate of drug-likeness (QED) is 0.257. The highest BCUT2D eigenvalue weighted by molar-refractivity contribution is 9.39. The van der Waals surface area contributed by atoms with Gasteiger partial charge in [0.25, 0.3) is 0 Å². The van der Waals surface area contributed by atoms with Crippen molar-refractivity contribution in [2.45, 2.75) is 8.69 Å². The van der Waals surface area contributed by atoms with Crippen LogP contribution in [-0.4, -0.2) is 16.9 Å². The highest BCUT2D eigenvalue weighted by Crippen LogP contribution is 2.39. The topological polar surface area (TPSA) is 80.6 Å². The molecule has 0 aliphatic heterocycles. The largest absolute Gasteiger partial charge is 0.382 e. The minimum Gasteiger partial charge on any atom is -0.382 e. The number of nitrogens with zero attached hydrogens (tertiary/aromatic N) is 3. The van der Waals surface area contributed by atoms with Gasteiger partial charge in [0.1, 0.15) is 5.69 Å². The summed E-state index contributed by atoms with van der Waals surface area (Å²) in [5, 5.41) is 13.6. The van der Waals surface area contributed by atoms with Crippen molar-refractivity contribution in [2.75, 3.05) is 5.73 Å². The van der Waals surface area contributed by atoms with E-state index in [-0.39, 0.29) is 18.0 Å². The van der Waals surface area contributed by atoms with Crippen LogP contribution in [-0.2, 0) is 6.54 Å². The van der Waals surface area contributed by atoms with E-state index in [1.54, 1.807) is 12.1 Å². The van der Waals surface area contributed by atoms with Gasteiger partial charge in [-0.3, -0.25) is 5.41 Å². The number of halogens is 6. The zero-order valence-electron chi connectivity index (χ0n) is 13.9. The van der Waals surface area contributed by atoms with Gasteiger partial charge < -0.3 is 5.73 Å². The predicted octanol–water partition coefficient (Wildman–Crippen LogP) is 6.47. The van der Waals surface area contributed by atoms with Gasteiger partial charge in [0.05, 0.1) is 21.6 Å². The number of aromatic nitrogens is 3. The second kappa shape index (κ2) is 8.62. The first-order valence-electron chi connectivity index (χ1n) is 7.67. The first kappa shape index (κ1) is 22.1. The fraction of sp³-hybridized carbons (Fsp3) is 0.118. The van der Waals surface area contributed by atoms with Crippen LogP contribution in [0.4, 0.5) is 5.82 Å². The summed E-state index contributed by atoms with van der Waals surface area (Å²) in [7, 11) is 0. The Labute approximate surface area is 201 Å². The van der Waals surface area contributed by atoms with Gasteiger partial charge in [0, 0.05) is 5.56 Å². The molecule has 3 aromatic rings. The maximum absolute atomic E-state index is 8.05. The van der Waals surface area contributed by atoms with Crippen molar-refractivity contribution < 1.29 is 0 Å². The molecule has 0 unspecified atom stereocenters. The zero-order chi connectivity index (χ0) is 20.6. The first-order valence-corrected chi connectivity index (χ1v) is 11.2. The molecule has 5 nitrogen and oxygen atoms in total. The molecule has 28 heavy (non-hydrogen) atoms. The fourth-order valence-corrected chi connectivity index (χ4v) is 3.88. The second-order valence-electron chi connectivity index (χ2n) is 5.74. The van der Waals surface area contributed by atoms with Crippen LogP contribution >= 0.6 is 82.6 Å². The van der Waals surface area contributed by atoms with Crippen LogP contribution in [0, 0.1) is 5.41 Å². The Balaban J connectivity index is 2.22. The molecule has 0 atom stereocenters. The molecule has 11 heteroatoms. The van der Waals surface area contributed by atoms with Crippen molar-refractivity contribution in [1.82, 2.24) is 14.8 Å². The Morgan fingerprint density at radius 3 is 2.18 bits per heavy atom. The molecule has 2 aromatic carbocycles. The first-order chi connectivity index (χ1) is 13.1. The molecule has 3 rings (SSSR count). The normalized spacial score (nSPS) is 11.6. The van der Waals surface area contributed by atoms with Crippen molar-refractivity contribution in [3.05, 3.63) is 57.1 Å². The van der Waals surface area contributed by atoms with Crippen molar-refractivity contribution >= 4 is 88.4 Å². The molecule has 0 aliphatic rings. The van der Waals surface area contributed by atoms with Crippen LogP contribution in [0.1, 0.15) is 0 Å². The lowest BCUT2D eigenvalue weighted by Crippen LogP contribution is -2.31. The Kier molecular flexibility index (Phi) is 6.79. The van der Waals surface area contributed by atoms with E-state index >= 15 is 0 Å². The van der Waals surface area contributed by atoms with Crippen LogP contribution in [0.25, 0.3) is 22.4 Å². The number of alkyl halides is 3. The predicted molar refractivity (Wildman–Crippen MR) is 126 cm³/mol. The molecule has 1 heterocycles. The van der Waals surface area contributed by atoms with Crippen molar-refractivity contribution in [3.8, 4) is 22.4 Å². The maximum atomic E-state index is 8.05. The molecular weight excluding hydrogens is 620 g/mol. The molecule has 146 valence electrons. The van der Waals surface area contributed by atoms with E-state index in [4.69, 9.17) is 45.9 Å². The molecule has 0 spiro atoms. The lowest BCUT2D eigenvalue weighted by atomic mass is 9.97. The fourth-order valence-electron chi connectivity index (χ4n) is 2.57. The van der Waals surface area contributed by atoms with Crippen molar-refractivity contribution in [3.63, 3.8) is 0 Å². The van der Waals surface area contributed by atoms with Gasteiger partial charge in [-0.15, -0.1) is 0 Å². The summed E-state index contributed by atoms with van der Waals surface area (Å²) in [6.07, 6.45) is 0. The molecule has 0 aliphatic carbocycles. The third-order valence-electron chi connectivity index (χ3n) is 3.74. The number of nitrogens with two attached hydrogens (primary N) is 1. The van der Waals surface area contributed by atoms with Crippen LogP contribution in [0.3, 0.4) is 0 Å². The molecule has 3 N–H and O–H groups in total. The molecule has 0 saturated heterocycles. The van der Waals surface area contributed by atoms with Gasteiger partial charge in [0.2, 0.25) is 5.62 Å². The number of nitrogens with one attached hydrogen (secondary N) is 1. The lowest BCUT2D eigenvalue weighted by molar-refractivity contribution is 0.569. The Morgan fingerprint density at radius 2 is 1.61 bits per heavy atom. The minimum absolute atomic E-state index is 0.0703. The average Bonchev–Trinajstić information content (AvgIpc) is 2.60. The summed E-state index contributed by atoms with van der Waals surface area (Å²) in [4.78, 5) is 4.13. The number of nitrogen functional groups attached to an aromatic ring is 1. The van der Waals surface area contributed by atoms with Crippen molar-refractivity contribution in [2.24, 2.45) is 0 Å². The molecule has 0 saturated carbocycles. The van der Waals surface area contributed by atoms with Gasteiger partial charge in [0.15, 0.2) is 7.96 Å². The summed E-state index contributed by atoms with van der Waals surface area (Å²) >= 11 is 28.7. The van der Waals surface area contributed by atoms with E-state index in [1.165, 1.54) is 4.68 Å². The van der Waals surface area contributed by atoms with E-state index in [2.05, 4.69) is 57.9 Å². The van der Waals surface area contributed by atoms with Crippen LogP contribution in [0.5, 0.6) is 0 Å². The summed E-state index contributed by atoms with van der Waals surface area (Å²) in [6.45, 7) is 0.285. The molecular formula is C17H11Br3Cl3N5. The third kappa shape index (κ3) is 4.91. The Morgan fingerprint density at radius 1 is 1.04 bits per heavy atom. The number of rotatable bonds is 3. The highest BCUT2D eigenvalue weighted by atomic mass is 80.0. The van der Waals surface area contributed by atoms with Gasteiger partial charge in [-0.05, 0) is 23.3 Å². The van der Waals surface area contributed by atoms with Gasteiger partial charge >= 0.3 is 0 Å². The molecule has 0 amide bonds. The highest BCUT2D eigenvalue weighted by Gasteiger charge is 2.22. The van der Waals surface area contributed by atoms with Gasteiger partial charge in [-0.25, -0.2) is 4.68 Å². The van der Waals surface area contributed by atoms with Gasteiger partial charge in [-0.1, -0.05) is 107 Å². The minimum atomic E-state index is -0.633. The summed E-state index contributed by atoms with van der Waals surface area (Å²) in [5.41, 5.74) is 8.75. The lowest BCUT2D eigenvalue weighted by Gasteiger charge is -2.17. The summed E-state index contributed by atoms with van der Waals surface area (Å²) in [5.74, 6) is 0.143. The monoisotopic (exact) mass is 627 g/mol. The number of benzene rings is 2. The van der Waals surface area contributed by atoms with Crippen molar-refractivity contribution in [1.29, 1.82) is 5.41 Å². The van der Waals surface area contributed by atoms with Gasteiger partial charge in [-0.2, -0.15) is 10.1 Å². The average molecular weight is 631 g/mol. The second-order valence-corrected chi connectivity index (χ2v) is 14.2. The van der Waals surface area contributed by atoms with E-state index in [0.717, 1.165) is 16.7 Å². The van der Waals surface area contributed by atoms with Crippen LogP contribution in [0.2, 0.25) is 15.1 Å². The number of anilines is 1. The Bertz CT molecular complexity index is 1090. The van der Waals surface area contributed by atoms with Crippen LogP contribution in [0.15, 0.2) is 36.4 Å². The summed E-state index contributed by atoms with van der Waals surface area (Å²) in [6, 6.07) is 11.0. The molecule has 0 fully saturated rings. The molecule has 0 radical (unpaired) electrons. The van der Waals surface area contributed by atoms with E-state index in [1.807, 2.05) is 24.3 Å². The number of hydrogen-bond donors (Lipinski definition) is 2. The van der Waals surface area contributed by atoms with Crippen LogP contribution < -0.4 is 11.4 Å². The smallest absolute Gasteiger partial charge is 0.240 e.